The lowest BCUT2D eigenvalue weighted by atomic mass is 9.92. The predicted octanol–water partition coefficient (Wildman–Crippen LogP) is 5.47. The van der Waals surface area contributed by atoms with E-state index in [-0.39, 0.29) is 11.8 Å². The molecule has 3 aromatic carbocycles. The first-order valence-corrected chi connectivity index (χ1v) is 12.0. The molecule has 4 aromatic rings. The van der Waals surface area contributed by atoms with Gasteiger partial charge in [-0.1, -0.05) is 37.8 Å². The lowest BCUT2D eigenvalue weighted by molar-refractivity contribution is 0.0984. The van der Waals surface area contributed by atoms with Gasteiger partial charge in [0.15, 0.2) is 0 Å². The monoisotopic (exact) mass is 465 g/mol. The van der Waals surface area contributed by atoms with Crippen LogP contribution in [0.3, 0.4) is 0 Å². The largest absolute Gasteiger partial charge is 0.362 e. The number of primary amides is 1. The van der Waals surface area contributed by atoms with Crippen molar-refractivity contribution in [3.05, 3.63) is 78.1 Å². The molecule has 0 fully saturated rings. The van der Waals surface area contributed by atoms with Crippen molar-refractivity contribution in [2.75, 3.05) is 28.2 Å². The van der Waals surface area contributed by atoms with Crippen molar-refractivity contribution in [1.82, 2.24) is 4.98 Å². The minimum absolute atomic E-state index is 0.0586. The Kier molecular flexibility index (Phi) is 4.81. The molecule has 3 heterocycles. The third-order valence-corrected chi connectivity index (χ3v) is 7.42. The molecule has 6 rings (SSSR count). The van der Waals surface area contributed by atoms with Gasteiger partial charge in [0.05, 0.1) is 5.69 Å². The molecule has 35 heavy (non-hydrogen) atoms. The summed E-state index contributed by atoms with van der Waals surface area (Å²) >= 11 is 0. The summed E-state index contributed by atoms with van der Waals surface area (Å²) in [5.41, 5.74) is 11.9. The summed E-state index contributed by atoms with van der Waals surface area (Å²) in [7, 11) is 0. The van der Waals surface area contributed by atoms with Crippen molar-refractivity contribution in [1.29, 1.82) is 0 Å². The van der Waals surface area contributed by atoms with E-state index in [2.05, 4.69) is 42.0 Å². The van der Waals surface area contributed by atoms with Crippen LogP contribution in [0.2, 0.25) is 0 Å². The molecule has 176 valence electrons. The van der Waals surface area contributed by atoms with Crippen molar-refractivity contribution in [3.63, 3.8) is 0 Å². The van der Waals surface area contributed by atoms with Crippen LogP contribution in [0.4, 0.5) is 21.9 Å². The maximum Gasteiger partial charge on any atom is 0.319 e. The van der Waals surface area contributed by atoms with E-state index in [0.29, 0.717) is 25.2 Å². The molecule has 1 atom stereocenters. The zero-order valence-corrected chi connectivity index (χ0v) is 19.6. The Morgan fingerprint density at radius 1 is 1.11 bits per heavy atom. The second-order valence-electron chi connectivity index (χ2n) is 9.22. The highest BCUT2D eigenvalue weighted by molar-refractivity contribution is 6.13. The number of nitrogens with one attached hydrogen (secondary N) is 2. The van der Waals surface area contributed by atoms with Gasteiger partial charge in [0.1, 0.15) is 5.69 Å². The van der Waals surface area contributed by atoms with Gasteiger partial charge in [-0.2, -0.15) is 0 Å². The number of hydrogen-bond donors (Lipinski definition) is 3. The number of carbonyl (C=O) groups is 2. The van der Waals surface area contributed by atoms with E-state index in [1.807, 2.05) is 35.2 Å². The lowest BCUT2D eigenvalue weighted by Gasteiger charge is -2.19. The molecule has 4 N–H and O–H groups in total. The van der Waals surface area contributed by atoms with E-state index in [1.165, 1.54) is 5.56 Å². The maximum atomic E-state index is 13.9. The van der Waals surface area contributed by atoms with Gasteiger partial charge in [-0.05, 0) is 59.8 Å². The molecular weight excluding hydrogens is 438 g/mol. The molecule has 7 nitrogen and oxygen atoms in total. The summed E-state index contributed by atoms with van der Waals surface area (Å²) in [6.07, 6.45) is 3.33. The fourth-order valence-electron chi connectivity index (χ4n) is 5.80. The van der Waals surface area contributed by atoms with Crippen molar-refractivity contribution < 1.29 is 9.59 Å². The Balaban J connectivity index is 1.46. The number of urea groups is 1. The average molecular weight is 466 g/mol. The summed E-state index contributed by atoms with van der Waals surface area (Å²) in [6.45, 7) is 7.19. The van der Waals surface area contributed by atoms with Gasteiger partial charge in [-0.15, -0.1) is 0 Å². The number of carbonyl (C=O) groups excluding carboxylic acids is 2. The fourth-order valence-corrected chi connectivity index (χ4v) is 5.80. The molecule has 2 aliphatic rings. The van der Waals surface area contributed by atoms with Crippen LogP contribution >= 0.6 is 0 Å². The molecule has 0 radical (unpaired) electrons. The van der Waals surface area contributed by atoms with E-state index in [0.717, 1.165) is 50.7 Å². The molecule has 0 aliphatic carbocycles. The van der Waals surface area contributed by atoms with Crippen molar-refractivity contribution in [2.45, 2.75) is 25.7 Å². The van der Waals surface area contributed by atoms with Gasteiger partial charge >= 0.3 is 6.03 Å². The zero-order chi connectivity index (χ0) is 24.3. The molecule has 1 aromatic heterocycles. The summed E-state index contributed by atoms with van der Waals surface area (Å²) < 4.78 is 0. The van der Waals surface area contributed by atoms with E-state index in [1.54, 1.807) is 11.1 Å². The van der Waals surface area contributed by atoms with Gasteiger partial charge < -0.3 is 20.9 Å². The zero-order valence-electron chi connectivity index (χ0n) is 19.6. The van der Waals surface area contributed by atoms with E-state index in [4.69, 9.17) is 5.73 Å². The second kappa shape index (κ2) is 7.91. The van der Waals surface area contributed by atoms with Crippen LogP contribution in [0.1, 0.15) is 40.9 Å². The number of amides is 3. The molecule has 2 aliphatic heterocycles. The number of aromatic nitrogens is 1. The average Bonchev–Trinajstić information content (AvgIpc) is 3.58. The molecular formula is C28H27N5O2. The Morgan fingerprint density at radius 2 is 1.91 bits per heavy atom. The van der Waals surface area contributed by atoms with Gasteiger partial charge in [0.25, 0.3) is 5.91 Å². The Hall–Kier alpha value is -4.26. The number of hydrogen-bond acceptors (Lipinski definition) is 3. The second-order valence-corrected chi connectivity index (χ2v) is 9.22. The van der Waals surface area contributed by atoms with Crippen LogP contribution in [-0.2, 0) is 6.42 Å². The number of nitrogens with zero attached hydrogens (tertiary/aromatic N) is 2. The van der Waals surface area contributed by atoms with Crippen LogP contribution < -0.4 is 20.9 Å². The molecule has 0 unspecified atom stereocenters. The van der Waals surface area contributed by atoms with Gasteiger partial charge in [0, 0.05) is 46.7 Å². The van der Waals surface area contributed by atoms with Crippen LogP contribution in [0.5, 0.6) is 0 Å². The van der Waals surface area contributed by atoms with Gasteiger partial charge in [0.2, 0.25) is 0 Å². The maximum absolute atomic E-state index is 13.9. The number of benzene rings is 3. The van der Waals surface area contributed by atoms with E-state index >= 15 is 0 Å². The molecule has 3 amide bonds. The number of aromatic amines is 1. The fraction of sp³-hybridized carbons (Fsp3) is 0.214. The lowest BCUT2D eigenvalue weighted by Crippen LogP contribution is -2.33. The predicted molar refractivity (Wildman–Crippen MR) is 141 cm³/mol. The summed E-state index contributed by atoms with van der Waals surface area (Å²) in [4.78, 5) is 32.5. The quantitative estimate of drug-likeness (QED) is 0.373. The topological polar surface area (TPSA) is 94.5 Å². The highest BCUT2D eigenvalue weighted by Crippen LogP contribution is 2.46. The third kappa shape index (κ3) is 3.11. The Morgan fingerprint density at radius 3 is 2.66 bits per heavy atom. The first-order chi connectivity index (χ1) is 17.0. The molecule has 0 spiro atoms. The van der Waals surface area contributed by atoms with Gasteiger partial charge in [-0.3, -0.25) is 9.69 Å². The highest BCUT2D eigenvalue weighted by atomic mass is 16.2. The first kappa shape index (κ1) is 21.3. The highest BCUT2D eigenvalue weighted by Gasteiger charge is 2.35. The van der Waals surface area contributed by atoms with Crippen molar-refractivity contribution in [2.24, 2.45) is 5.73 Å². The van der Waals surface area contributed by atoms with Crippen molar-refractivity contribution >= 4 is 50.7 Å². The van der Waals surface area contributed by atoms with E-state index in [9.17, 15) is 9.59 Å². The third-order valence-electron chi connectivity index (χ3n) is 7.42. The SMILES string of the molecule is C=CNc1cc2c(c3ccccc13)[C@H](CC)CN2C(=O)c1cc2c3c(ccc2[nH]1)N(C(N)=O)CC3. The minimum Gasteiger partial charge on any atom is -0.362 e. The summed E-state index contributed by atoms with van der Waals surface area (Å²) in [5, 5.41) is 6.51. The number of rotatable bonds is 4. The summed E-state index contributed by atoms with van der Waals surface area (Å²) in [5.74, 6) is 0.200. The Bertz CT molecular complexity index is 1540. The number of nitrogens with two attached hydrogens (primary N) is 1. The molecule has 0 bridgehead atoms. The van der Waals surface area contributed by atoms with Gasteiger partial charge in [-0.25, -0.2) is 4.79 Å². The van der Waals surface area contributed by atoms with Crippen LogP contribution in [-0.4, -0.2) is 30.0 Å². The Labute approximate surface area is 203 Å². The van der Waals surface area contributed by atoms with Crippen molar-refractivity contribution in [3.8, 4) is 0 Å². The molecule has 0 saturated heterocycles. The van der Waals surface area contributed by atoms with E-state index < -0.39 is 6.03 Å². The molecule has 7 heteroatoms. The molecule has 0 saturated carbocycles. The van der Waals surface area contributed by atoms with Crippen LogP contribution in [0, 0.1) is 0 Å². The number of fused-ring (bicyclic) bond motifs is 6. The number of anilines is 3. The minimum atomic E-state index is -0.453. The standard InChI is InChI=1S/C28H27N5O2/c1-3-16-15-33(25-14-22(30-4-2)17-7-5-6-8-19(17)26(16)25)27(34)23-13-20-18-11-12-32(28(29)35)24(18)10-9-21(20)31-23/h4-10,13-14,16,30-31H,2-3,11-12,15H2,1H3,(H2,29,35)/t16-/m1/s1. The smallest absolute Gasteiger partial charge is 0.319 e. The van der Waals surface area contributed by atoms with Crippen LogP contribution in [0.15, 0.2) is 61.3 Å². The first-order valence-electron chi connectivity index (χ1n) is 12.0. The summed E-state index contributed by atoms with van der Waals surface area (Å²) in [6, 6.07) is 15.7. The number of H-pyrrole nitrogens is 1. The van der Waals surface area contributed by atoms with Crippen LogP contribution in [0.25, 0.3) is 21.7 Å². The normalized spacial score (nSPS) is 16.5.